The van der Waals surface area contributed by atoms with Gasteiger partial charge in [-0.2, -0.15) is 0 Å². The molecule has 2 bridgehead atoms. The van der Waals surface area contributed by atoms with Gasteiger partial charge in [0.1, 0.15) is 11.4 Å². The van der Waals surface area contributed by atoms with E-state index in [1.807, 2.05) is 35.1 Å². The molecule has 0 atom stereocenters. The van der Waals surface area contributed by atoms with Crippen molar-refractivity contribution in [1.29, 1.82) is 0 Å². The van der Waals surface area contributed by atoms with Gasteiger partial charge in [0.25, 0.3) is 0 Å². The Kier molecular flexibility index (Phi) is 2.16. The molecule has 0 amide bonds. The Morgan fingerprint density at radius 3 is 3.17 bits per heavy atom. The first-order valence-corrected chi connectivity index (χ1v) is 6.89. The molecule has 0 spiro atoms. The molecule has 0 aromatic carbocycles. The predicted molar refractivity (Wildman–Crippen MR) is 69.7 cm³/mol. The second-order valence-corrected chi connectivity index (χ2v) is 6.01. The highest BCUT2D eigenvalue weighted by Crippen LogP contribution is 2.55. The van der Waals surface area contributed by atoms with E-state index in [0.717, 1.165) is 23.9 Å². The molecule has 3 heteroatoms. The number of nitrogens with zero attached hydrogens (tertiary/aromatic N) is 2. The van der Waals surface area contributed by atoms with Crippen LogP contribution in [0.3, 0.4) is 0 Å². The second-order valence-electron chi connectivity index (χ2n) is 6.01. The van der Waals surface area contributed by atoms with Crippen molar-refractivity contribution in [3.63, 3.8) is 0 Å². The molecular weight excluding hydrogens is 224 g/mol. The fourth-order valence-corrected chi connectivity index (χ4v) is 3.75. The Labute approximate surface area is 107 Å². The molecule has 3 aliphatic rings. The molecule has 0 saturated heterocycles. The van der Waals surface area contributed by atoms with E-state index in [1.54, 1.807) is 0 Å². The highest BCUT2D eigenvalue weighted by atomic mass is 16.5. The maximum atomic E-state index is 6.02. The van der Waals surface area contributed by atoms with E-state index >= 15 is 0 Å². The molecule has 2 aromatic rings. The van der Waals surface area contributed by atoms with Crippen molar-refractivity contribution in [3.05, 3.63) is 30.7 Å². The number of fused-ring (bicyclic) bond motifs is 3. The average molecular weight is 242 g/mol. The van der Waals surface area contributed by atoms with E-state index in [4.69, 9.17) is 4.74 Å². The number of hydrogen-bond donors (Lipinski definition) is 0. The van der Waals surface area contributed by atoms with Crippen LogP contribution >= 0.6 is 0 Å². The van der Waals surface area contributed by atoms with Crippen LogP contribution in [0.1, 0.15) is 32.1 Å². The molecular formula is C15H18N2O. The van der Waals surface area contributed by atoms with Crippen LogP contribution in [0.4, 0.5) is 0 Å². The lowest BCUT2D eigenvalue weighted by atomic mass is 9.54. The Morgan fingerprint density at radius 1 is 1.39 bits per heavy atom. The summed E-state index contributed by atoms with van der Waals surface area (Å²) in [6, 6.07) is 4.04. The minimum absolute atomic E-state index is 0.507. The SMILES string of the molecule is c1cn2cc(OCC34CCCC(C3)C4)ccc2n1. The van der Waals surface area contributed by atoms with Crippen LogP contribution in [-0.2, 0) is 0 Å². The molecule has 3 saturated carbocycles. The maximum Gasteiger partial charge on any atom is 0.136 e. The van der Waals surface area contributed by atoms with Gasteiger partial charge in [0.2, 0.25) is 0 Å². The molecule has 0 unspecified atom stereocenters. The molecule has 5 rings (SSSR count). The lowest BCUT2D eigenvalue weighted by Gasteiger charge is -2.52. The van der Waals surface area contributed by atoms with Gasteiger partial charge in [0.15, 0.2) is 0 Å². The zero-order valence-corrected chi connectivity index (χ0v) is 10.5. The number of ether oxygens (including phenoxy) is 1. The van der Waals surface area contributed by atoms with E-state index in [-0.39, 0.29) is 0 Å². The van der Waals surface area contributed by atoms with Crippen molar-refractivity contribution in [1.82, 2.24) is 9.38 Å². The highest BCUT2D eigenvalue weighted by Gasteiger charge is 2.47. The van der Waals surface area contributed by atoms with Gasteiger partial charge in [-0.25, -0.2) is 4.98 Å². The Balaban J connectivity index is 1.48. The summed E-state index contributed by atoms with van der Waals surface area (Å²) in [6.45, 7) is 0.893. The Hall–Kier alpha value is -1.51. The zero-order chi connectivity index (χ0) is 12.0. The number of hydrogen-bond acceptors (Lipinski definition) is 2. The molecule has 2 heterocycles. The molecule has 0 N–H and O–H groups in total. The third-order valence-electron chi connectivity index (χ3n) is 4.67. The summed E-state index contributed by atoms with van der Waals surface area (Å²) in [5.74, 6) is 1.96. The summed E-state index contributed by atoms with van der Waals surface area (Å²) in [7, 11) is 0. The summed E-state index contributed by atoms with van der Waals surface area (Å²) >= 11 is 0. The molecule has 0 radical (unpaired) electrons. The van der Waals surface area contributed by atoms with Crippen LogP contribution in [-0.4, -0.2) is 16.0 Å². The van der Waals surface area contributed by atoms with Crippen LogP contribution in [0.2, 0.25) is 0 Å². The van der Waals surface area contributed by atoms with Crippen molar-refractivity contribution in [2.24, 2.45) is 11.3 Å². The normalized spacial score (nSPS) is 30.1. The first kappa shape index (κ1) is 10.4. The molecule has 3 nitrogen and oxygen atoms in total. The van der Waals surface area contributed by atoms with Crippen molar-refractivity contribution in [2.45, 2.75) is 32.1 Å². The van der Waals surface area contributed by atoms with Gasteiger partial charge in [-0.1, -0.05) is 12.8 Å². The summed E-state index contributed by atoms with van der Waals surface area (Å²) in [6.07, 6.45) is 12.8. The molecule has 94 valence electrons. The zero-order valence-electron chi connectivity index (χ0n) is 10.5. The van der Waals surface area contributed by atoms with E-state index < -0.39 is 0 Å². The lowest BCUT2D eigenvalue weighted by Crippen LogP contribution is -2.45. The van der Waals surface area contributed by atoms with Gasteiger partial charge in [0.05, 0.1) is 12.8 Å². The third-order valence-corrected chi connectivity index (χ3v) is 4.67. The van der Waals surface area contributed by atoms with Gasteiger partial charge < -0.3 is 9.14 Å². The molecule has 18 heavy (non-hydrogen) atoms. The van der Waals surface area contributed by atoms with Gasteiger partial charge in [-0.05, 0) is 37.3 Å². The van der Waals surface area contributed by atoms with Crippen LogP contribution in [0.15, 0.2) is 30.7 Å². The first-order valence-electron chi connectivity index (χ1n) is 6.89. The van der Waals surface area contributed by atoms with E-state index in [0.29, 0.717) is 5.41 Å². The standard InChI is InChI=1S/C15H18N2O/c1-2-12-8-15(5-1,9-12)11-18-13-3-4-14-16-6-7-17(14)10-13/h3-4,6-7,10,12H,1-2,5,8-9,11H2. The van der Waals surface area contributed by atoms with Crippen LogP contribution in [0.25, 0.3) is 5.65 Å². The minimum atomic E-state index is 0.507. The maximum absolute atomic E-state index is 6.02. The van der Waals surface area contributed by atoms with Gasteiger partial charge in [0, 0.05) is 17.8 Å². The largest absolute Gasteiger partial charge is 0.491 e. The van der Waals surface area contributed by atoms with Crippen LogP contribution in [0, 0.1) is 11.3 Å². The summed E-state index contributed by atoms with van der Waals surface area (Å²) in [5, 5.41) is 0. The minimum Gasteiger partial charge on any atom is -0.491 e. The average Bonchev–Trinajstić information content (AvgIpc) is 2.83. The smallest absolute Gasteiger partial charge is 0.136 e. The Bertz CT molecular complexity index is 563. The third kappa shape index (κ3) is 1.61. The summed E-state index contributed by atoms with van der Waals surface area (Å²) in [5.41, 5.74) is 1.48. The highest BCUT2D eigenvalue weighted by molar-refractivity contribution is 5.41. The van der Waals surface area contributed by atoms with Crippen LogP contribution in [0.5, 0.6) is 5.75 Å². The topological polar surface area (TPSA) is 26.5 Å². The van der Waals surface area contributed by atoms with Crippen molar-refractivity contribution in [2.75, 3.05) is 6.61 Å². The van der Waals surface area contributed by atoms with Gasteiger partial charge in [-0.3, -0.25) is 0 Å². The van der Waals surface area contributed by atoms with E-state index in [1.165, 1.54) is 32.1 Å². The molecule has 2 aromatic heterocycles. The monoisotopic (exact) mass is 242 g/mol. The number of imidazole rings is 1. The van der Waals surface area contributed by atoms with Crippen molar-refractivity contribution >= 4 is 5.65 Å². The van der Waals surface area contributed by atoms with Crippen LogP contribution < -0.4 is 4.74 Å². The fraction of sp³-hybridized carbons (Fsp3) is 0.533. The lowest BCUT2D eigenvalue weighted by molar-refractivity contribution is -0.0412. The number of pyridine rings is 1. The first-order chi connectivity index (χ1) is 8.83. The van der Waals surface area contributed by atoms with E-state index in [9.17, 15) is 0 Å². The predicted octanol–water partition coefficient (Wildman–Crippen LogP) is 3.29. The molecule has 3 fully saturated rings. The number of aromatic nitrogens is 2. The summed E-state index contributed by atoms with van der Waals surface area (Å²) in [4.78, 5) is 4.24. The van der Waals surface area contributed by atoms with E-state index in [2.05, 4.69) is 4.98 Å². The second kappa shape index (κ2) is 3.74. The number of rotatable bonds is 3. The quantitative estimate of drug-likeness (QED) is 0.825. The Morgan fingerprint density at radius 2 is 2.33 bits per heavy atom. The summed E-state index contributed by atoms with van der Waals surface area (Å²) < 4.78 is 8.03. The van der Waals surface area contributed by atoms with Gasteiger partial charge in [-0.15, -0.1) is 0 Å². The van der Waals surface area contributed by atoms with Crippen molar-refractivity contribution in [3.8, 4) is 5.75 Å². The molecule has 3 aliphatic carbocycles. The van der Waals surface area contributed by atoms with Gasteiger partial charge >= 0.3 is 0 Å². The van der Waals surface area contributed by atoms with Crippen molar-refractivity contribution < 1.29 is 4.74 Å². The fourth-order valence-electron chi connectivity index (χ4n) is 3.75. The molecule has 0 aliphatic heterocycles.